The van der Waals surface area contributed by atoms with Gasteiger partial charge in [0, 0.05) is 25.6 Å². The van der Waals surface area contributed by atoms with Crippen molar-refractivity contribution in [1.82, 2.24) is 15.6 Å². The van der Waals surface area contributed by atoms with E-state index in [1.807, 2.05) is 18.2 Å². The van der Waals surface area contributed by atoms with Gasteiger partial charge in [-0.2, -0.15) is 0 Å². The topological polar surface area (TPSA) is 117 Å². The molecule has 0 fully saturated rings. The normalized spacial score (nSPS) is 12.6. The van der Waals surface area contributed by atoms with E-state index in [-0.39, 0.29) is 19.4 Å². The van der Waals surface area contributed by atoms with Crippen LogP contribution in [0, 0.1) is 5.82 Å². The van der Waals surface area contributed by atoms with Crippen LogP contribution in [0.2, 0.25) is 0 Å². The van der Waals surface area contributed by atoms with Crippen molar-refractivity contribution < 1.29 is 19.1 Å². The predicted octanol–water partition coefficient (Wildman–Crippen LogP) is 1.75. The van der Waals surface area contributed by atoms with E-state index in [1.54, 1.807) is 42.6 Å². The number of nitrogens with one attached hydrogen (secondary N) is 2. The summed E-state index contributed by atoms with van der Waals surface area (Å²) >= 11 is 0. The number of nitrogen functional groups attached to an aromatic ring is 1. The van der Waals surface area contributed by atoms with Gasteiger partial charge in [0.25, 0.3) is 0 Å². The summed E-state index contributed by atoms with van der Waals surface area (Å²) in [7, 11) is 0. The lowest BCUT2D eigenvalue weighted by Crippen LogP contribution is -2.51. The van der Waals surface area contributed by atoms with Gasteiger partial charge in [0.2, 0.25) is 11.8 Å². The highest BCUT2D eigenvalue weighted by Gasteiger charge is 2.25. The van der Waals surface area contributed by atoms with E-state index in [4.69, 9.17) is 5.73 Å². The van der Waals surface area contributed by atoms with Crippen molar-refractivity contribution in [3.63, 3.8) is 0 Å². The number of nitrogens with zero attached hydrogens (tertiary/aromatic N) is 1. The molecule has 0 saturated heterocycles. The summed E-state index contributed by atoms with van der Waals surface area (Å²) in [6, 6.07) is 17.2. The summed E-state index contributed by atoms with van der Waals surface area (Å²) in [6.07, 6.45) is 0.486. The fraction of sp³-hybridized carbons (Fsp3) is 0.208. The second-order valence-electron chi connectivity index (χ2n) is 7.41. The van der Waals surface area contributed by atoms with Gasteiger partial charge in [-0.1, -0.05) is 48.5 Å². The molecule has 0 spiro atoms. The van der Waals surface area contributed by atoms with Crippen LogP contribution in [0.1, 0.15) is 16.7 Å². The fourth-order valence-corrected chi connectivity index (χ4v) is 3.12. The Labute approximate surface area is 185 Å². The van der Waals surface area contributed by atoms with Crippen LogP contribution < -0.4 is 16.4 Å². The number of rotatable bonds is 9. The lowest BCUT2D eigenvalue weighted by Gasteiger charge is -2.21. The Morgan fingerprint density at radius 2 is 1.56 bits per heavy atom. The summed E-state index contributed by atoms with van der Waals surface area (Å²) in [5, 5.41) is 15.7. The third kappa shape index (κ3) is 6.88. The van der Waals surface area contributed by atoms with Crippen molar-refractivity contribution in [2.24, 2.45) is 0 Å². The number of nitrogens with two attached hydrogens (primary N) is 1. The number of halogens is 1. The minimum absolute atomic E-state index is 0.120. The zero-order chi connectivity index (χ0) is 22.9. The maximum absolute atomic E-state index is 13.2. The molecule has 0 saturated carbocycles. The van der Waals surface area contributed by atoms with E-state index in [9.17, 15) is 19.1 Å². The summed E-state index contributed by atoms with van der Waals surface area (Å²) in [6.45, 7) is 0.189. The van der Waals surface area contributed by atoms with Crippen LogP contribution in [0.15, 0.2) is 72.9 Å². The largest absolute Gasteiger partial charge is 0.384 e. The zero-order valence-electron chi connectivity index (χ0n) is 17.4. The molecule has 3 aromatic rings. The number of anilines is 1. The first-order valence-electron chi connectivity index (χ1n) is 10.2. The molecule has 32 heavy (non-hydrogen) atoms. The van der Waals surface area contributed by atoms with Crippen molar-refractivity contribution in [3.8, 4) is 0 Å². The van der Waals surface area contributed by atoms with Crippen molar-refractivity contribution in [3.05, 3.63) is 95.4 Å². The first kappa shape index (κ1) is 22.9. The third-order valence-corrected chi connectivity index (χ3v) is 4.87. The van der Waals surface area contributed by atoms with Gasteiger partial charge in [-0.05, 0) is 34.9 Å². The van der Waals surface area contributed by atoms with Crippen molar-refractivity contribution in [2.75, 3.05) is 5.73 Å². The number of benzene rings is 2. The van der Waals surface area contributed by atoms with E-state index in [0.29, 0.717) is 11.4 Å². The summed E-state index contributed by atoms with van der Waals surface area (Å²) in [5.41, 5.74) is 7.77. The number of pyridine rings is 1. The Kier molecular flexibility index (Phi) is 7.88. The number of amides is 2. The van der Waals surface area contributed by atoms with Gasteiger partial charge in [-0.25, -0.2) is 9.37 Å². The Balaban J connectivity index is 1.67. The molecular formula is C24H25FN4O3. The summed E-state index contributed by atoms with van der Waals surface area (Å²) in [5.74, 6) is -1.13. The molecule has 3 rings (SSSR count). The standard InChI is InChI=1S/C24H25FN4O3/c25-19-9-6-17(7-10-19)12-20(23(31)28-15-18-8-11-22(26)27-14-18)29-24(32)21(30)13-16-4-2-1-3-5-16/h1-11,14,20-21,30H,12-13,15H2,(H2,26,27)(H,28,31)(H,29,32)/t20-,21+/m0/s1. The molecule has 0 aliphatic heterocycles. The molecule has 1 heterocycles. The highest BCUT2D eigenvalue weighted by Crippen LogP contribution is 2.09. The third-order valence-electron chi connectivity index (χ3n) is 4.87. The molecule has 166 valence electrons. The molecule has 8 heteroatoms. The maximum Gasteiger partial charge on any atom is 0.249 e. The average molecular weight is 436 g/mol. The van der Waals surface area contributed by atoms with Gasteiger partial charge in [0.05, 0.1) is 0 Å². The number of aliphatic hydroxyl groups excluding tert-OH is 1. The highest BCUT2D eigenvalue weighted by atomic mass is 19.1. The minimum Gasteiger partial charge on any atom is -0.384 e. The van der Waals surface area contributed by atoms with E-state index in [1.165, 1.54) is 12.1 Å². The van der Waals surface area contributed by atoms with E-state index in [0.717, 1.165) is 11.1 Å². The van der Waals surface area contributed by atoms with Gasteiger partial charge in [-0.3, -0.25) is 9.59 Å². The zero-order valence-corrected chi connectivity index (χ0v) is 17.4. The van der Waals surface area contributed by atoms with Crippen LogP contribution >= 0.6 is 0 Å². The van der Waals surface area contributed by atoms with Gasteiger partial charge >= 0.3 is 0 Å². The second kappa shape index (κ2) is 11.0. The molecule has 0 bridgehead atoms. The fourth-order valence-electron chi connectivity index (χ4n) is 3.12. The van der Waals surface area contributed by atoms with Crippen LogP contribution in [0.5, 0.6) is 0 Å². The Morgan fingerprint density at radius 3 is 2.22 bits per heavy atom. The van der Waals surface area contributed by atoms with Crippen LogP contribution in [-0.2, 0) is 29.0 Å². The van der Waals surface area contributed by atoms with Crippen LogP contribution in [0.4, 0.5) is 10.2 Å². The minimum atomic E-state index is -1.32. The molecule has 0 radical (unpaired) electrons. The van der Waals surface area contributed by atoms with Crippen LogP contribution in [0.25, 0.3) is 0 Å². The van der Waals surface area contributed by atoms with E-state index in [2.05, 4.69) is 15.6 Å². The first-order valence-corrected chi connectivity index (χ1v) is 10.2. The molecule has 0 aliphatic carbocycles. The van der Waals surface area contributed by atoms with Crippen LogP contribution in [-0.4, -0.2) is 34.1 Å². The number of carbonyl (C=O) groups is 2. The van der Waals surface area contributed by atoms with E-state index < -0.39 is 29.8 Å². The average Bonchev–Trinajstić information content (AvgIpc) is 2.80. The van der Waals surface area contributed by atoms with Crippen molar-refractivity contribution >= 4 is 17.6 Å². The number of carbonyl (C=O) groups excluding carboxylic acids is 2. The predicted molar refractivity (Wildman–Crippen MR) is 119 cm³/mol. The monoisotopic (exact) mass is 436 g/mol. The number of aliphatic hydroxyl groups is 1. The maximum atomic E-state index is 13.2. The lowest BCUT2D eigenvalue weighted by atomic mass is 10.0. The molecule has 2 atom stereocenters. The molecule has 5 N–H and O–H groups in total. The van der Waals surface area contributed by atoms with Gasteiger partial charge in [0.15, 0.2) is 0 Å². The number of aromatic nitrogens is 1. The van der Waals surface area contributed by atoms with Gasteiger partial charge in [0.1, 0.15) is 23.8 Å². The Morgan fingerprint density at radius 1 is 0.906 bits per heavy atom. The highest BCUT2D eigenvalue weighted by molar-refractivity contribution is 5.89. The molecule has 2 amide bonds. The summed E-state index contributed by atoms with van der Waals surface area (Å²) in [4.78, 5) is 29.4. The molecule has 2 aromatic carbocycles. The Hall–Kier alpha value is -3.78. The smallest absolute Gasteiger partial charge is 0.249 e. The van der Waals surface area contributed by atoms with Crippen molar-refractivity contribution in [2.45, 2.75) is 31.5 Å². The van der Waals surface area contributed by atoms with Gasteiger partial charge < -0.3 is 21.5 Å². The SMILES string of the molecule is Nc1ccc(CNC(=O)[C@H](Cc2ccc(F)cc2)NC(=O)[C@H](O)Cc2ccccc2)cn1. The van der Waals surface area contributed by atoms with Gasteiger partial charge in [-0.15, -0.1) is 0 Å². The second-order valence-corrected chi connectivity index (χ2v) is 7.41. The number of hydrogen-bond acceptors (Lipinski definition) is 5. The first-order chi connectivity index (χ1) is 15.4. The Bertz CT molecular complexity index is 1030. The molecule has 7 nitrogen and oxygen atoms in total. The summed E-state index contributed by atoms with van der Waals surface area (Å²) < 4.78 is 13.2. The number of hydrogen-bond donors (Lipinski definition) is 4. The molecular weight excluding hydrogens is 411 g/mol. The molecule has 0 aliphatic rings. The molecule has 1 aromatic heterocycles. The molecule has 0 unspecified atom stereocenters. The lowest BCUT2D eigenvalue weighted by molar-refractivity contribution is -0.134. The van der Waals surface area contributed by atoms with E-state index >= 15 is 0 Å². The van der Waals surface area contributed by atoms with Crippen molar-refractivity contribution in [1.29, 1.82) is 0 Å². The van der Waals surface area contributed by atoms with Crippen LogP contribution in [0.3, 0.4) is 0 Å². The quantitative estimate of drug-likeness (QED) is 0.408.